The Kier molecular flexibility index (Phi) is 12.0. The lowest BCUT2D eigenvalue weighted by atomic mass is 9.81. The topological polar surface area (TPSA) is 82.9 Å². The van der Waals surface area contributed by atoms with Gasteiger partial charge in [0.25, 0.3) is 5.82 Å². The van der Waals surface area contributed by atoms with Crippen molar-refractivity contribution in [1.82, 2.24) is 39.8 Å². The van der Waals surface area contributed by atoms with Gasteiger partial charge in [0, 0.05) is 76.9 Å². The number of benzene rings is 3. The predicted molar refractivity (Wildman–Crippen MR) is 180 cm³/mol. The smallest absolute Gasteiger partial charge is 0.453 e. The third-order valence-corrected chi connectivity index (χ3v) is 8.85. The van der Waals surface area contributed by atoms with Gasteiger partial charge < -0.3 is 14.5 Å². The van der Waals surface area contributed by atoms with Gasteiger partial charge in [-0.2, -0.15) is 17.9 Å². The van der Waals surface area contributed by atoms with Gasteiger partial charge in [0.1, 0.15) is 5.75 Å². The first-order valence-corrected chi connectivity index (χ1v) is 15.2. The summed E-state index contributed by atoms with van der Waals surface area (Å²) in [5.74, 6) is -0.591. The largest absolute Gasteiger partial charge is 0.496 e. The SMILES string of the molecule is COc1ccc(-n2nnnc2C(F)(F)F)cc1CN1C[C@@H]2CN(C(=O)N(C)C)CCN2[C@H](C(c2ccccc2)c2ccccc2)C1.Cl.Cl. The molecule has 0 unspecified atom stereocenters. The zero-order valence-electron chi connectivity index (χ0n) is 26.8. The molecule has 0 radical (unpaired) electrons. The molecule has 4 aromatic rings. The summed E-state index contributed by atoms with van der Waals surface area (Å²) in [5.41, 5.74) is 3.30. The van der Waals surface area contributed by atoms with Crippen LogP contribution in [0.4, 0.5) is 18.0 Å². The van der Waals surface area contributed by atoms with Crippen molar-refractivity contribution in [3.63, 3.8) is 0 Å². The van der Waals surface area contributed by atoms with Crippen molar-refractivity contribution in [1.29, 1.82) is 0 Å². The number of fused-ring (bicyclic) bond motifs is 1. The number of carbonyl (C=O) groups is 1. The van der Waals surface area contributed by atoms with Crippen LogP contribution in [0.2, 0.25) is 0 Å². The highest BCUT2D eigenvalue weighted by molar-refractivity contribution is 5.85. The molecular weight excluding hydrogens is 668 g/mol. The van der Waals surface area contributed by atoms with E-state index in [2.05, 4.69) is 73.9 Å². The molecule has 2 amide bonds. The van der Waals surface area contributed by atoms with E-state index in [-0.39, 0.29) is 54.5 Å². The van der Waals surface area contributed by atoms with E-state index in [1.165, 1.54) is 17.2 Å². The number of halogens is 5. The number of alkyl halides is 3. The van der Waals surface area contributed by atoms with Crippen LogP contribution >= 0.6 is 24.8 Å². The Labute approximate surface area is 290 Å². The summed E-state index contributed by atoms with van der Waals surface area (Å²) < 4.78 is 47.3. The predicted octanol–water partition coefficient (Wildman–Crippen LogP) is 5.22. The van der Waals surface area contributed by atoms with E-state index in [1.54, 1.807) is 38.2 Å². The minimum atomic E-state index is -4.71. The number of amides is 2. The number of tetrazole rings is 1. The maximum absolute atomic E-state index is 13.6. The zero-order valence-corrected chi connectivity index (χ0v) is 28.5. The fourth-order valence-electron chi connectivity index (χ4n) is 6.85. The molecule has 3 heterocycles. The van der Waals surface area contributed by atoms with Crippen molar-refractivity contribution in [2.24, 2.45) is 0 Å². The number of rotatable bonds is 7. The van der Waals surface area contributed by atoms with E-state index in [9.17, 15) is 18.0 Å². The molecule has 2 aliphatic heterocycles. The number of aromatic nitrogens is 4. The Morgan fingerprint density at radius 2 is 1.58 bits per heavy atom. The summed E-state index contributed by atoms with van der Waals surface area (Å²) >= 11 is 0. The molecule has 6 rings (SSSR count). The molecule has 2 atom stereocenters. The quantitative estimate of drug-likeness (QED) is 0.261. The standard InChI is InChI=1S/C33H37F3N8O2.2ClH/c1-40(2)32(45)42-16-17-43-27(21-42)20-41(22-28(43)30(23-10-6-4-7-11-23)24-12-8-5-9-13-24)19-25-18-26(14-15-29(25)46-3)44-31(33(34,35)36)37-38-39-44;;/h4-15,18,27-28,30H,16-17,19-22H2,1-3H3;2*1H/t27-,28+;;/m1../s1. The van der Waals surface area contributed by atoms with Gasteiger partial charge in [-0.15, -0.1) is 29.9 Å². The number of nitrogens with zero attached hydrogens (tertiary/aromatic N) is 8. The lowest BCUT2D eigenvalue weighted by Crippen LogP contribution is -2.67. The van der Waals surface area contributed by atoms with Crippen LogP contribution in [0.3, 0.4) is 0 Å². The second-order valence-electron chi connectivity index (χ2n) is 12.0. The normalized spacial score (nSPS) is 18.4. The van der Waals surface area contributed by atoms with Crippen molar-refractivity contribution in [2.75, 3.05) is 53.9 Å². The third-order valence-electron chi connectivity index (χ3n) is 8.85. The summed E-state index contributed by atoms with van der Waals surface area (Å²) in [5, 5.41) is 10.1. The fraction of sp³-hybridized carbons (Fsp3) is 0.394. The lowest BCUT2D eigenvalue weighted by molar-refractivity contribution is -0.146. The summed E-state index contributed by atoms with van der Waals surface area (Å²) in [6.07, 6.45) is -4.71. The highest BCUT2D eigenvalue weighted by Gasteiger charge is 2.43. The second-order valence-corrected chi connectivity index (χ2v) is 12.0. The van der Waals surface area contributed by atoms with Gasteiger partial charge in [0.2, 0.25) is 0 Å². The van der Waals surface area contributed by atoms with Crippen molar-refractivity contribution in [2.45, 2.75) is 30.7 Å². The minimum Gasteiger partial charge on any atom is -0.496 e. The van der Waals surface area contributed by atoms with E-state index in [4.69, 9.17) is 4.74 Å². The average molecular weight is 708 g/mol. The Morgan fingerprint density at radius 3 is 2.17 bits per heavy atom. The van der Waals surface area contributed by atoms with Crippen LogP contribution in [0.5, 0.6) is 5.75 Å². The van der Waals surface area contributed by atoms with Gasteiger partial charge in [0.05, 0.1) is 12.8 Å². The second kappa shape index (κ2) is 15.5. The monoisotopic (exact) mass is 706 g/mol. The van der Waals surface area contributed by atoms with Crippen LogP contribution in [-0.2, 0) is 12.7 Å². The zero-order chi connectivity index (χ0) is 32.4. The van der Waals surface area contributed by atoms with E-state index in [0.717, 1.165) is 6.54 Å². The van der Waals surface area contributed by atoms with Crippen LogP contribution in [0, 0.1) is 0 Å². The molecular formula is C33H39Cl2F3N8O2. The van der Waals surface area contributed by atoms with Gasteiger partial charge in [0.15, 0.2) is 0 Å². The third kappa shape index (κ3) is 7.70. The van der Waals surface area contributed by atoms with Crippen molar-refractivity contribution >= 4 is 30.8 Å². The molecule has 48 heavy (non-hydrogen) atoms. The van der Waals surface area contributed by atoms with Crippen LogP contribution < -0.4 is 4.74 Å². The Balaban J connectivity index is 0.00000260. The molecule has 10 nitrogen and oxygen atoms in total. The number of hydrogen-bond acceptors (Lipinski definition) is 7. The lowest BCUT2D eigenvalue weighted by Gasteiger charge is -2.53. The average Bonchev–Trinajstić information content (AvgIpc) is 3.57. The summed E-state index contributed by atoms with van der Waals surface area (Å²) in [7, 11) is 5.07. The highest BCUT2D eigenvalue weighted by atomic mass is 35.5. The maximum atomic E-state index is 13.6. The fourth-order valence-corrected chi connectivity index (χ4v) is 6.85. The molecule has 15 heteroatoms. The van der Waals surface area contributed by atoms with Gasteiger partial charge in [-0.25, -0.2) is 4.79 Å². The molecule has 1 aromatic heterocycles. The van der Waals surface area contributed by atoms with Crippen molar-refractivity contribution < 1.29 is 22.7 Å². The summed E-state index contributed by atoms with van der Waals surface area (Å²) in [6, 6.07) is 25.8. The van der Waals surface area contributed by atoms with Crippen LogP contribution in [0.25, 0.3) is 5.69 Å². The number of piperazine rings is 2. The molecule has 0 N–H and O–H groups in total. The summed E-state index contributed by atoms with van der Waals surface area (Å²) in [4.78, 5) is 21.4. The summed E-state index contributed by atoms with van der Waals surface area (Å²) in [6.45, 7) is 3.70. The van der Waals surface area contributed by atoms with Crippen molar-refractivity contribution in [3.8, 4) is 11.4 Å². The van der Waals surface area contributed by atoms with Gasteiger partial charge in [-0.1, -0.05) is 60.7 Å². The Morgan fingerprint density at radius 1 is 0.938 bits per heavy atom. The first kappa shape index (κ1) is 36.9. The Hall–Kier alpha value is -3.91. The number of urea groups is 1. The van der Waals surface area contributed by atoms with E-state index < -0.39 is 12.0 Å². The minimum absolute atomic E-state index is 0. The number of hydrogen-bond donors (Lipinski definition) is 0. The molecule has 0 spiro atoms. The molecule has 2 saturated heterocycles. The molecule has 2 aliphatic rings. The van der Waals surface area contributed by atoms with Gasteiger partial charge >= 0.3 is 12.2 Å². The van der Waals surface area contributed by atoms with E-state index >= 15 is 0 Å². The van der Waals surface area contributed by atoms with Crippen LogP contribution in [-0.4, -0.2) is 112 Å². The molecule has 0 bridgehead atoms. The molecule has 0 saturated carbocycles. The number of ether oxygens (including phenoxy) is 1. The molecule has 0 aliphatic carbocycles. The van der Waals surface area contributed by atoms with Crippen LogP contribution in [0.1, 0.15) is 28.4 Å². The first-order chi connectivity index (χ1) is 22.1. The van der Waals surface area contributed by atoms with Crippen LogP contribution in [0.15, 0.2) is 78.9 Å². The molecule has 2 fully saturated rings. The number of methoxy groups -OCH3 is 1. The van der Waals surface area contributed by atoms with Gasteiger partial charge in [-0.3, -0.25) is 9.80 Å². The highest BCUT2D eigenvalue weighted by Crippen LogP contribution is 2.37. The molecule has 3 aromatic carbocycles. The van der Waals surface area contributed by atoms with E-state index in [0.29, 0.717) is 48.7 Å². The van der Waals surface area contributed by atoms with Crippen molar-refractivity contribution in [3.05, 3.63) is 101 Å². The maximum Gasteiger partial charge on any atom is 0.453 e. The first-order valence-electron chi connectivity index (χ1n) is 15.2. The van der Waals surface area contributed by atoms with E-state index in [1.807, 2.05) is 17.0 Å². The Bertz CT molecular complexity index is 1610. The molecule has 258 valence electrons. The van der Waals surface area contributed by atoms with Gasteiger partial charge in [-0.05, 0) is 39.8 Å². The number of carbonyl (C=O) groups excluding carboxylic acids is 1.